The van der Waals surface area contributed by atoms with E-state index < -0.39 is 11.0 Å². The first-order valence-corrected chi connectivity index (χ1v) is 7.38. The molecule has 0 amide bonds. The first kappa shape index (κ1) is 13.9. The molecule has 2 aliphatic rings. The number of nitriles is 1. The van der Waals surface area contributed by atoms with E-state index in [2.05, 4.69) is 6.07 Å². The lowest BCUT2D eigenvalue weighted by Gasteiger charge is -2.41. The number of rotatable bonds is 3. The predicted molar refractivity (Wildman–Crippen MR) is 76.3 cm³/mol. The molecule has 2 fully saturated rings. The molecular weight excluding hydrogens is 274 g/mol. The molecule has 2 aliphatic heterocycles. The van der Waals surface area contributed by atoms with Gasteiger partial charge in [-0.3, -0.25) is 0 Å². The lowest BCUT2D eigenvalue weighted by atomic mass is 9.63. The molecule has 1 N–H and O–H groups in total. The molecule has 1 aromatic carbocycles. The summed E-state index contributed by atoms with van der Waals surface area (Å²) in [6, 6.07) is 9.79. The highest BCUT2D eigenvalue weighted by Crippen LogP contribution is 2.54. The summed E-state index contributed by atoms with van der Waals surface area (Å²) >= 11 is 5.88. The lowest BCUT2D eigenvalue weighted by Crippen LogP contribution is -2.52. The van der Waals surface area contributed by atoms with Crippen molar-refractivity contribution in [1.82, 2.24) is 0 Å². The number of halogens is 1. The maximum Gasteiger partial charge on any atom is 0.114 e. The van der Waals surface area contributed by atoms with Crippen molar-refractivity contribution in [3.8, 4) is 6.07 Å². The maximum atomic E-state index is 11.0. The minimum absolute atomic E-state index is 0.136. The van der Waals surface area contributed by atoms with E-state index in [0.717, 1.165) is 18.4 Å². The Labute approximate surface area is 124 Å². The molecular formula is C16H18ClNO2. The summed E-state index contributed by atoms with van der Waals surface area (Å²) < 4.78 is 5.82. The van der Waals surface area contributed by atoms with Crippen molar-refractivity contribution in [2.75, 3.05) is 0 Å². The summed E-state index contributed by atoms with van der Waals surface area (Å²) in [6.45, 7) is 1.76. The molecule has 0 aliphatic carbocycles. The average Bonchev–Trinajstić information content (AvgIpc) is 3.02. The highest BCUT2D eigenvalue weighted by Gasteiger charge is 2.61. The van der Waals surface area contributed by atoms with Crippen molar-refractivity contribution in [2.45, 2.75) is 50.4 Å². The van der Waals surface area contributed by atoms with Gasteiger partial charge in [0.2, 0.25) is 0 Å². The predicted octanol–water partition coefficient (Wildman–Crippen LogP) is 3.09. The molecule has 3 rings (SSSR count). The minimum atomic E-state index is -1.10. The topological polar surface area (TPSA) is 53.2 Å². The van der Waals surface area contributed by atoms with Gasteiger partial charge in [-0.1, -0.05) is 23.7 Å². The molecule has 0 spiro atoms. The van der Waals surface area contributed by atoms with Gasteiger partial charge in [0, 0.05) is 11.4 Å². The Bertz CT molecular complexity index is 549. The summed E-state index contributed by atoms with van der Waals surface area (Å²) in [7, 11) is 0. The first-order chi connectivity index (χ1) is 9.47. The van der Waals surface area contributed by atoms with Crippen molar-refractivity contribution in [2.24, 2.45) is 5.41 Å². The Hall–Kier alpha value is -1.08. The molecule has 2 bridgehead atoms. The van der Waals surface area contributed by atoms with E-state index in [0.29, 0.717) is 17.9 Å². The fourth-order valence-electron chi connectivity index (χ4n) is 3.67. The number of nitrogens with zero attached hydrogens (tertiary/aromatic N) is 1. The number of hydrogen-bond donors (Lipinski definition) is 1. The van der Waals surface area contributed by atoms with E-state index in [-0.39, 0.29) is 12.2 Å². The van der Waals surface area contributed by atoms with E-state index in [4.69, 9.17) is 16.3 Å². The van der Waals surface area contributed by atoms with E-state index in [9.17, 15) is 10.4 Å². The Morgan fingerprint density at radius 2 is 2.15 bits per heavy atom. The standard InChI is InChI=1S/C16H18ClNO2/c1-15(19,8-11-2-4-12(17)5-3-11)16(10-18)9-13-6-7-14(16)20-13/h2-5,13-14,19H,6-9H2,1H3. The van der Waals surface area contributed by atoms with Crippen LogP contribution in [0.5, 0.6) is 0 Å². The fourth-order valence-corrected chi connectivity index (χ4v) is 3.80. The molecule has 0 saturated carbocycles. The molecule has 20 heavy (non-hydrogen) atoms. The van der Waals surface area contributed by atoms with Crippen LogP contribution in [0, 0.1) is 16.7 Å². The van der Waals surface area contributed by atoms with Gasteiger partial charge in [-0.2, -0.15) is 5.26 Å². The van der Waals surface area contributed by atoms with Gasteiger partial charge in [-0.25, -0.2) is 0 Å². The van der Waals surface area contributed by atoms with Crippen molar-refractivity contribution >= 4 is 11.6 Å². The zero-order valence-electron chi connectivity index (χ0n) is 11.5. The van der Waals surface area contributed by atoms with Gasteiger partial charge >= 0.3 is 0 Å². The lowest BCUT2D eigenvalue weighted by molar-refractivity contribution is -0.0711. The van der Waals surface area contributed by atoms with Crippen LogP contribution in [-0.4, -0.2) is 22.9 Å². The van der Waals surface area contributed by atoms with Gasteiger partial charge in [0.15, 0.2) is 0 Å². The second-order valence-electron chi connectivity index (χ2n) is 6.19. The second kappa shape index (κ2) is 4.73. The molecule has 1 aromatic rings. The fraction of sp³-hybridized carbons (Fsp3) is 0.562. The summed E-state index contributed by atoms with van der Waals surface area (Å²) in [5.41, 5.74) is -0.915. The molecule has 0 radical (unpaired) electrons. The molecule has 3 nitrogen and oxygen atoms in total. The number of benzene rings is 1. The quantitative estimate of drug-likeness (QED) is 0.931. The second-order valence-corrected chi connectivity index (χ2v) is 6.62. The van der Waals surface area contributed by atoms with Gasteiger partial charge in [0.1, 0.15) is 5.41 Å². The highest BCUT2D eigenvalue weighted by molar-refractivity contribution is 6.30. The Morgan fingerprint density at radius 3 is 2.65 bits per heavy atom. The monoisotopic (exact) mass is 291 g/mol. The third-order valence-electron chi connectivity index (χ3n) is 4.83. The van der Waals surface area contributed by atoms with Crippen LogP contribution in [0.25, 0.3) is 0 Å². The van der Waals surface area contributed by atoms with Gasteiger partial charge in [-0.15, -0.1) is 0 Å². The highest BCUT2D eigenvalue weighted by atomic mass is 35.5. The molecule has 106 valence electrons. The van der Waals surface area contributed by atoms with E-state index in [1.54, 1.807) is 6.92 Å². The van der Waals surface area contributed by atoms with Crippen LogP contribution in [-0.2, 0) is 11.2 Å². The smallest absolute Gasteiger partial charge is 0.114 e. The van der Waals surface area contributed by atoms with Gasteiger partial charge < -0.3 is 9.84 Å². The van der Waals surface area contributed by atoms with Crippen LogP contribution < -0.4 is 0 Å². The summed E-state index contributed by atoms with van der Waals surface area (Å²) in [4.78, 5) is 0. The Balaban J connectivity index is 1.87. The van der Waals surface area contributed by atoms with E-state index in [1.807, 2.05) is 24.3 Å². The SMILES string of the molecule is CC(O)(Cc1ccc(Cl)cc1)C1(C#N)CC2CCC1O2. The van der Waals surface area contributed by atoms with Crippen molar-refractivity contribution in [1.29, 1.82) is 5.26 Å². The number of aliphatic hydroxyl groups is 1. The van der Waals surface area contributed by atoms with Crippen LogP contribution in [0.4, 0.5) is 0 Å². The first-order valence-electron chi connectivity index (χ1n) is 7.00. The number of hydrogen-bond acceptors (Lipinski definition) is 3. The minimum Gasteiger partial charge on any atom is -0.388 e. The average molecular weight is 292 g/mol. The molecule has 4 unspecified atom stereocenters. The third kappa shape index (κ3) is 2.03. The van der Waals surface area contributed by atoms with Crippen LogP contribution in [0.3, 0.4) is 0 Å². The molecule has 4 heteroatoms. The summed E-state index contributed by atoms with van der Waals surface area (Å²) in [5.74, 6) is 0. The van der Waals surface area contributed by atoms with Gasteiger partial charge in [0.25, 0.3) is 0 Å². The Kier molecular flexibility index (Phi) is 3.29. The van der Waals surface area contributed by atoms with Crippen LogP contribution >= 0.6 is 11.6 Å². The summed E-state index contributed by atoms with van der Waals surface area (Å²) in [5, 5.41) is 21.3. The number of fused-ring (bicyclic) bond motifs is 2. The van der Waals surface area contributed by atoms with Gasteiger partial charge in [0.05, 0.1) is 23.9 Å². The van der Waals surface area contributed by atoms with Gasteiger partial charge in [-0.05, 0) is 43.9 Å². The normalized spacial score (nSPS) is 34.7. The zero-order valence-corrected chi connectivity index (χ0v) is 12.2. The molecule has 4 atom stereocenters. The van der Waals surface area contributed by atoms with Crippen LogP contribution in [0.15, 0.2) is 24.3 Å². The van der Waals surface area contributed by atoms with E-state index in [1.165, 1.54) is 0 Å². The van der Waals surface area contributed by atoms with Crippen LogP contribution in [0.1, 0.15) is 31.7 Å². The van der Waals surface area contributed by atoms with Crippen LogP contribution in [0.2, 0.25) is 5.02 Å². The summed E-state index contributed by atoms with van der Waals surface area (Å²) in [6.07, 6.45) is 2.94. The van der Waals surface area contributed by atoms with Crippen molar-refractivity contribution in [3.05, 3.63) is 34.9 Å². The largest absolute Gasteiger partial charge is 0.388 e. The van der Waals surface area contributed by atoms with E-state index >= 15 is 0 Å². The maximum absolute atomic E-state index is 11.0. The third-order valence-corrected chi connectivity index (χ3v) is 5.08. The Morgan fingerprint density at radius 1 is 1.45 bits per heavy atom. The van der Waals surface area contributed by atoms with Crippen molar-refractivity contribution < 1.29 is 9.84 Å². The molecule has 2 saturated heterocycles. The molecule has 2 heterocycles. The molecule has 0 aromatic heterocycles. The number of ether oxygens (including phenoxy) is 1. The van der Waals surface area contributed by atoms with Crippen molar-refractivity contribution in [3.63, 3.8) is 0 Å². The zero-order chi connectivity index (χ0) is 14.4.